The van der Waals surface area contributed by atoms with Crippen LogP contribution in [0.3, 0.4) is 0 Å². The molecule has 1 aromatic heterocycles. The van der Waals surface area contributed by atoms with Crippen molar-refractivity contribution in [2.75, 3.05) is 23.9 Å². The van der Waals surface area contributed by atoms with Gasteiger partial charge in [0.1, 0.15) is 6.33 Å². The zero-order valence-electron chi connectivity index (χ0n) is 22.4. The summed E-state index contributed by atoms with van der Waals surface area (Å²) < 4.78 is 0. The lowest BCUT2D eigenvalue weighted by molar-refractivity contribution is 0.0985. The maximum absolute atomic E-state index is 13.0. The number of halogens is 4. The Morgan fingerprint density at radius 1 is 0.524 bits per heavy atom. The van der Waals surface area contributed by atoms with Gasteiger partial charge < -0.3 is 9.80 Å². The van der Waals surface area contributed by atoms with Crippen molar-refractivity contribution >= 4 is 69.6 Å². The van der Waals surface area contributed by atoms with Gasteiger partial charge in [-0.1, -0.05) is 70.7 Å². The average Bonchev–Trinajstić information content (AvgIpc) is 2.99. The molecule has 0 N–H and O–H groups in total. The summed E-state index contributed by atoms with van der Waals surface area (Å²) in [6, 6.07) is 26.3. The van der Waals surface area contributed by atoms with E-state index in [4.69, 9.17) is 46.4 Å². The molecule has 1 heterocycles. The van der Waals surface area contributed by atoms with Crippen LogP contribution in [0, 0.1) is 0 Å². The van der Waals surface area contributed by atoms with Crippen LogP contribution in [-0.2, 0) is 0 Å². The van der Waals surface area contributed by atoms with Crippen molar-refractivity contribution in [3.05, 3.63) is 129 Å². The Balaban J connectivity index is 1.32. The average molecular weight is 636 g/mol. The number of nitrogens with zero attached hydrogens (tertiary/aromatic N) is 4. The maximum atomic E-state index is 13.0. The number of benzene rings is 4. The van der Waals surface area contributed by atoms with Gasteiger partial charge in [0.15, 0.2) is 0 Å². The molecule has 10 heteroatoms. The predicted molar refractivity (Wildman–Crippen MR) is 171 cm³/mol. The fourth-order valence-electron chi connectivity index (χ4n) is 4.36. The minimum atomic E-state index is -0.233. The molecule has 0 saturated heterocycles. The molecule has 0 atom stereocenters. The van der Waals surface area contributed by atoms with Crippen LogP contribution in [0.4, 0.5) is 11.4 Å². The normalized spacial score (nSPS) is 10.8. The predicted octanol–water partition coefficient (Wildman–Crippen LogP) is 8.98. The second-order valence-electron chi connectivity index (χ2n) is 9.43. The molecular formula is C32H22Cl4N4O2. The molecule has 0 radical (unpaired) electrons. The Morgan fingerprint density at radius 2 is 0.857 bits per heavy atom. The van der Waals surface area contributed by atoms with Gasteiger partial charge in [-0.2, -0.15) is 0 Å². The van der Waals surface area contributed by atoms with Gasteiger partial charge in [-0.25, -0.2) is 9.97 Å². The van der Waals surface area contributed by atoms with Crippen LogP contribution in [-0.4, -0.2) is 35.9 Å². The summed E-state index contributed by atoms with van der Waals surface area (Å²) in [5, 5.41) is 1.58. The number of carbonyl (C=O) groups is 2. The number of carbonyl (C=O) groups excluding carboxylic acids is 2. The van der Waals surface area contributed by atoms with Crippen molar-refractivity contribution < 1.29 is 9.59 Å². The molecule has 0 aliphatic heterocycles. The molecule has 0 saturated carbocycles. The Kier molecular flexibility index (Phi) is 8.80. The zero-order valence-corrected chi connectivity index (χ0v) is 25.4. The fraction of sp³-hybridized carbons (Fsp3) is 0.0625. The molecule has 0 aliphatic carbocycles. The fourth-order valence-corrected chi connectivity index (χ4v) is 5.41. The van der Waals surface area contributed by atoms with E-state index in [2.05, 4.69) is 9.97 Å². The summed E-state index contributed by atoms with van der Waals surface area (Å²) in [4.78, 5) is 37.9. The molecule has 5 aromatic rings. The van der Waals surface area contributed by atoms with Crippen LogP contribution in [0.25, 0.3) is 22.5 Å². The van der Waals surface area contributed by atoms with E-state index in [1.165, 1.54) is 16.1 Å². The minimum Gasteiger partial charge on any atom is -0.311 e. The lowest BCUT2D eigenvalue weighted by Crippen LogP contribution is -2.26. The molecular weight excluding hydrogens is 614 g/mol. The minimum absolute atomic E-state index is 0.233. The van der Waals surface area contributed by atoms with Crippen molar-refractivity contribution in [3.63, 3.8) is 0 Å². The number of anilines is 2. The van der Waals surface area contributed by atoms with Crippen LogP contribution in [0.1, 0.15) is 20.7 Å². The number of aromatic nitrogens is 2. The van der Waals surface area contributed by atoms with E-state index in [1.807, 2.05) is 54.6 Å². The first-order valence-corrected chi connectivity index (χ1v) is 14.1. The van der Waals surface area contributed by atoms with Crippen molar-refractivity contribution in [3.8, 4) is 22.5 Å². The molecule has 0 unspecified atom stereocenters. The highest BCUT2D eigenvalue weighted by Crippen LogP contribution is 2.28. The van der Waals surface area contributed by atoms with Crippen LogP contribution in [0.15, 0.2) is 97.3 Å². The first-order chi connectivity index (χ1) is 20.1. The molecule has 2 amide bonds. The highest BCUT2D eigenvalue weighted by Gasteiger charge is 2.17. The number of hydrogen-bond acceptors (Lipinski definition) is 4. The summed E-state index contributed by atoms with van der Waals surface area (Å²) in [5.41, 5.74) is 5.34. The summed E-state index contributed by atoms with van der Waals surface area (Å²) in [6.45, 7) is 0. The van der Waals surface area contributed by atoms with Gasteiger partial charge in [0.05, 0.1) is 11.4 Å². The lowest BCUT2D eigenvalue weighted by atomic mass is 10.1. The van der Waals surface area contributed by atoms with Crippen LogP contribution in [0.2, 0.25) is 20.1 Å². The van der Waals surface area contributed by atoms with E-state index in [0.717, 1.165) is 22.5 Å². The topological polar surface area (TPSA) is 66.4 Å². The second kappa shape index (κ2) is 12.5. The van der Waals surface area contributed by atoms with Gasteiger partial charge >= 0.3 is 0 Å². The molecule has 5 rings (SSSR count). The quantitative estimate of drug-likeness (QED) is 0.187. The molecule has 42 heavy (non-hydrogen) atoms. The molecule has 210 valence electrons. The van der Waals surface area contributed by atoms with Gasteiger partial charge in [-0.15, -0.1) is 0 Å². The second-order valence-corrected chi connectivity index (χ2v) is 11.2. The Morgan fingerprint density at radius 3 is 1.19 bits per heavy atom. The smallest absolute Gasteiger partial charge is 0.258 e. The van der Waals surface area contributed by atoms with E-state index < -0.39 is 0 Å². The molecule has 0 aliphatic rings. The van der Waals surface area contributed by atoms with Crippen molar-refractivity contribution in [1.29, 1.82) is 0 Å². The van der Waals surface area contributed by atoms with Gasteiger partial charge in [0.25, 0.3) is 11.8 Å². The van der Waals surface area contributed by atoms with E-state index in [1.54, 1.807) is 50.5 Å². The third-order valence-electron chi connectivity index (χ3n) is 6.60. The van der Waals surface area contributed by atoms with Gasteiger partial charge in [0.2, 0.25) is 0 Å². The van der Waals surface area contributed by atoms with Crippen molar-refractivity contribution in [2.24, 2.45) is 0 Å². The third-order valence-corrected chi connectivity index (χ3v) is 7.47. The summed E-state index contributed by atoms with van der Waals surface area (Å²) >= 11 is 24.3. The first kappa shape index (κ1) is 29.5. The van der Waals surface area contributed by atoms with E-state index in [0.29, 0.717) is 42.6 Å². The standard InChI is InChI=1S/C32H22Cl4N4O2/c1-39(31(41)21-11-23(33)15-24(34)12-21)27-7-3-19(4-8-27)29-17-30(38-18-37-29)20-5-9-28(10-6-20)40(2)32(42)22-13-25(35)16-26(36)14-22/h3-18H,1-2H3. The summed E-state index contributed by atoms with van der Waals surface area (Å²) in [7, 11) is 3.38. The summed E-state index contributed by atoms with van der Waals surface area (Å²) in [6.07, 6.45) is 1.50. The van der Waals surface area contributed by atoms with Crippen LogP contribution in [0.5, 0.6) is 0 Å². The molecule has 0 fully saturated rings. The Bertz CT molecular complexity index is 1630. The van der Waals surface area contributed by atoms with E-state index in [-0.39, 0.29) is 11.8 Å². The van der Waals surface area contributed by atoms with Gasteiger partial charge in [-0.3, -0.25) is 9.59 Å². The zero-order chi connectivity index (χ0) is 30.0. The Labute approximate surface area is 263 Å². The Hall–Kier alpha value is -3.94. The highest BCUT2D eigenvalue weighted by molar-refractivity contribution is 6.36. The monoisotopic (exact) mass is 634 g/mol. The van der Waals surface area contributed by atoms with Crippen LogP contribution < -0.4 is 9.80 Å². The van der Waals surface area contributed by atoms with Crippen molar-refractivity contribution in [2.45, 2.75) is 0 Å². The summed E-state index contributed by atoms with van der Waals surface area (Å²) in [5.74, 6) is -0.466. The first-order valence-electron chi connectivity index (χ1n) is 12.6. The van der Waals surface area contributed by atoms with E-state index in [9.17, 15) is 9.59 Å². The SMILES string of the molecule is CN(C(=O)c1cc(Cl)cc(Cl)c1)c1ccc(-c2cc(-c3ccc(N(C)C(=O)c4cc(Cl)cc(Cl)c4)cc3)ncn2)cc1. The molecule has 4 aromatic carbocycles. The van der Waals surface area contributed by atoms with Gasteiger partial charge in [-0.05, 0) is 66.7 Å². The maximum Gasteiger partial charge on any atom is 0.258 e. The number of hydrogen-bond donors (Lipinski definition) is 0. The number of rotatable bonds is 6. The molecule has 0 bridgehead atoms. The van der Waals surface area contributed by atoms with E-state index >= 15 is 0 Å². The third kappa shape index (κ3) is 6.58. The van der Waals surface area contributed by atoms with Gasteiger partial charge in [0, 0.05) is 67.8 Å². The molecule has 6 nitrogen and oxygen atoms in total. The largest absolute Gasteiger partial charge is 0.311 e. The molecule has 0 spiro atoms. The highest BCUT2D eigenvalue weighted by atomic mass is 35.5. The lowest BCUT2D eigenvalue weighted by Gasteiger charge is -2.18. The number of amides is 2. The van der Waals surface area contributed by atoms with Crippen molar-refractivity contribution in [1.82, 2.24) is 9.97 Å². The van der Waals surface area contributed by atoms with Crippen LogP contribution >= 0.6 is 46.4 Å².